The van der Waals surface area contributed by atoms with Crippen molar-refractivity contribution in [2.24, 2.45) is 0 Å². The Morgan fingerprint density at radius 1 is 1.42 bits per heavy atom. The zero-order chi connectivity index (χ0) is 18.5. The maximum Gasteiger partial charge on any atom is 0.259 e. The molecule has 26 heavy (non-hydrogen) atoms. The second kappa shape index (κ2) is 8.53. The molecule has 2 heterocycles. The van der Waals surface area contributed by atoms with Crippen LogP contribution in [0.5, 0.6) is 0 Å². The number of nitrogens with one attached hydrogen (secondary N) is 2. The quantitative estimate of drug-likeness (QED) is 0.720. The Kier molecular flexibility index (Phi) is 6.13. The second-order valence-electron chi connectivity index (χ2n) is 6.38. The number of benzene rings is 1. The van der Waals surface area contributed by atoms with Gasteiger partial charge in [-0.2, -0.15) is 0 Å². The highest BCUT2D eigenvalue weighted by Crippen LogP contribution is 2.30. The van der Waals surface area contributed by atoms with Crippen LogP contribution in [-0.2, 0) is 4.74 Å². The third-order valence-corrected chi connectivity index (χ3v) is 4.60. The van der Waals surface area contributed by atoms with E-state index in [0.717, 1.165) is 25.1 Å². The van der Waals surface area contributed by atoms with Crippen LogP contribution in [0.3, 0.4) is 0 Å². The van der Waals surface area contributed by atoms with E-state index in [4.69, 9.17) is 20.9 Å². The smallest absolute Gasteiger partial charge is 0.259 e. The fourth-order valence-electron chi connectivity index (χ4n) is 3.00. The van der Waals surface area contributed by atoms with Gasteiger partial charge in [-0.05, 0) is 44.3 Å². The Hall–Kier alpha value is -2.09. The van der Waals surface area contributed by atoms with Crippen LogP contribution in [0.4, 0.5) is 5.82 Å². The molecule has 0 saturated carbocycles. The third kappa shape index (κ3) is 4.35. The lowest BCUT2D eigenvalue weighted by molar-refractivity contribution is 0.0939. The predicted octanol–water partition coefficient (Wildman–Crippen LogP) is 2.49. The molecule has 1 amide bonds. The van der Waals surface area contributed by atoms with Gasteiger partial charge in [0.1, 0.15) is 5.56 Å². The Balaban J connectivity index is 1.86. The summed E-state index contributed by atoms with van der Waals surface area (Å²) in [7, 11) is 3.66. The van der Waals surface area contributed by atoms with Gasteiger partial charge < -0.3 is 24.8 Å². The molecule has 1 aliphatic heterocycles. The fourth-order valence-corrected chi connectivity index (χ4v) is 3.13. The molecule has 0 spiro atoms. The number of hydrogen-bond acceptors (Lipinski definition) is 6. The lowest BCUT2D eigenvalue weighted by Gasteiger charge is -2.13. The molecule has 3 rings (SSSR count). The molecular formula is C18H23ClN4O3. The molecule has 0 bridgehead atoms. The van der Waals surface area contributed by atoms with Gasteiger partial charge in [0.05, 0.1) is 6.61 Å². The van der Waals surface area contributed by atoms with Crippen LogP contribution >= 0.6 is 11.6 Å². The van der Waals surface area contributed by atoms with Gasteiger partial charge in [-0.15, -0.1) is 0 Å². The van der Waals surface area contributed by atoms with Crippen LogP contribution in [0.2, 0.25) is 5.02 Å². The van der Waals surface area contributed by atoms with Crippen molar-refractivity contribution in [3.63, 3.8) is 0 Å². The highest BCUT2D eigenvalue weighted by Gasteiger charge is 2.28. The molecule has 1 aromatic heterocycles. The van der Waals surface area contributed by atoms with E-state index in [1.807, 2.05) is 19.2 Å². The van der Waals surface area contributed by atoms with Crippen LogP contribution < -0.4 is 10.6 Å². The highest BCUT2D eigenvalue weighted by atomic mass is 35.5. The van der Waals surface area contributed by atoms with Crippen LogP contribution in [0.15, 0.2) is 28.8 Å². The monoisotopic (exact) mass is 378 g/mol. The topological polar surface area (TPSA) is 79.6 Å². The summed E-state index contributed by atoms with van der Waals surface area (Å²) < 4.78 is 10.5. The average Bonchev–Trinajstić information content (AvgIpc) is 3.22. The van der Waals surface area contributed by atoms with Crippen LogP contribution in [0, 0.1) is 0 Å². The number of methoxy groups -OCH3 is 1. The molecule has 1 atom stereocenters. The second-order valence-corrected chi connectivity index (χ2v) is 6.82. The lowest BCUT2D eigenvalue weighted by atomic mass is 10.1. The largest absolute Gasteiger partial charge is 0.383 e. The third-order valence-electron chi connectivity index (χ3n) is 4.35. The number of amides is 1. The molecule has 1 unspecified atom stereocenters. The fraction of sp³-hybridized carbons (Fsp3) is 0.444. The van der Waals surface area contributed by atoms with Crippen molar-refractivity contribution >= 4 is 23.3 Å². The van der Waals surface area contributed by atoms with Crippen LogP contribution in [0.25, 0.3) is 11.3 Å². The number of ether oxygens (including phenoxy) is 1. The van der Waals surface area contributed by atoms with Gasteiger partial charge in [-0.3, -0.25) is 4.79 Å². The number of anilines is 1. The number of aromatic nitrogens is 1. The van der Waals surface area contributed by atoms with Crippen molar-refractivity contribution in [1.82, 2.24) is 15.4 Å². The Morgan fingerprint density at radius 3 is 2.85 bits per heavy atom. The summed E-state index contributed by atoms with van der Waals surface area (Å²) in [6.45, 7) is 2.82. The van der Waals surface area contributed by atoms with Gasteiger partial charge in [0.15, 0.2) is 11.6 Å². The van der Waals surface area contributed by atoms with Crippen molar-refractivity contribution in [2.45, 2.75) is 12.5 Å². The lowest BCUT2D eigenvalue weighted by Crippen LogP contribution is -2.36. The number of rotatable bonds is 7. The number of hydrogen-bond donors (Lipinski definition) is 2. The molecule has 1 fully saturated rings. The Bertz CT molecular complexity index is 747. The molecule has 8 heteroatoms. The minimum absolute atomic E-state index is 0.118. The Morgan fingerprint density at radius 2 is 2.19 bits per heavy atom. The first kappa shape index (κ1) is 18.7. The highest BCUT2D eigenvalue weighted by molar-refractivity contribution is 6.30. The molecule has 0 aliphatic carbocycles. The zero-order valence-electron chi connectivity index (χ0n) is 14.9. The summed E-state index contributed by atoms with van der Waals surface area (Å²) >= 11 is 5.96. The standard InChI is InChI=1S/C18H23ClN4O3/c1-23-9-7-14(11-23)21-18(24)15-16(12-3-5-13(19)6-4-12)26-22-17(15)20-8-10-25-2/h3-6,14H,7-11H2,1-2H3,(H,20,22)(H,21,24). The van der Waals surface area contributed by atoms with Gasteiger partial charge in [0.2, 0.25) is 0 Å². The minimum Gasteiger partial charge on any atom is -0.383 e. The number of halogens is 1. The number of carbonyl (C=O) groups excluding carboxylic acids is 1. The predicted molar refractivity (Wildman–Crippen MR) is 101 cm³/mol. The van der Waals surface area contributed by atoms with E-state index in [0.29, 0.717) is 35.3 Å². The van der Waals surface area contributed by atoms with Gasteiger partial charge in [-0.1, -0.05) is 16.8 Å². The molecule has 1 aromatic carbocycles. The van der Waals surface area contributed by atoms with Crippen LogP contribution in [-0.4, -0.2) is 62.4 Å². The van der Waals surface area contributed by atoms with E-state index >= 15 is 0 Å². The van der Waals surface area contributed by atoms with E-state index in [2.05, 4.69) is 20.7 Å². The van der Waals surface area contributed by atoms with E-state index in [9.17, 15) is 4.79 Å². The molecule has 0 radical (unpaired) electrons. The number of likely N-dealkylation sites (tertiary alicyclic amines) is 1. The molecule has 2 N–H and O–H groups in total. The summed E-state index contributed by atoms with van der Waals surface area (Å²) in [5, 5.41) is 10.9. The minimum atomic E-state index is -0.198. The van der Waals surface area contributed by atoms with Gasteiger partial charge >= 0.3 is 0 Å². The summed E-state index contributed by atoms with van der Waals surface area (Å²) in [6.07, 6.45) is 0.927. The number of nitrogens with zero attached hydrogens (tertiary/aromatic N) is 2. The first-order chi connectivity index (χ1) is 12.6. The first-order valence-electron chi connectivity index (χ1n) is 8.56. The molecule has 1 saturated heterocycles. The van der Waals surface area contributed by atoms with Crippen LogP contribution in [0.1, 0.15) is 16.8 Å². The van der Waals surface area contributed by atoms with E-state index in [1.54, 1.807) is 19.2 Å². The number of likely N-dealkylation sites (N-methyl/N-ethyl adjacent to an activating group) is 1. The summed E-state index contributed by atoms with van der Waals surface area (Å²) in [4.78, 5) is 15.1. The van der Waals surface area contributed by atoms with E-state index in [-0.39, 0.29) is 11.9 Å². The van der Waals surface area contributed by atoms with Crippen molar-refractivity contribution in [3.05, 3.63) is 34.9 Å². The zero-order valence-corrected chi connectivity index (χ0v) is 15.7. The van der Waals surface area contributed by atoms with Crippen molar-refractivity contribution in [1.29, 1.82) is 0 Å². The van der Waals surface area contributed by atoms with Gasteiger partial charge in [-0.25, -0.2) is 0 Å². The molecule has 140 valence electrons. The molecule has 7 nitrogen and oxygen atoms in total. The maximum absolute atomic E-state index is 13.0. The van der Waals surface area contributed by atoms with E-state index in [1.165, 1.54) is 0 Å². The Labute approximate surface area is 157 Å². The van der Waals surface area contributed by atoms with Crippen molar-refractivity contribution in [2.75, 3.05) is 45.7 Å². The van der Waals surface area contributed by atoms with Gasteiger partial charge in [0.25, 0.3) is 5.91 Å². The average molecular weight is 379 g/mol. The van der Waals surface area contributed by atoms with E-state index < -0.39 is 0 Å². The maximum atomic E-state index is 13.0. The van der Waals surface area contributed by atoms with Gasteiger partial charge in [0, 0.05) is 36.8 Å². The first-order valence-corrected chi connectivity index (χ1v) is 8.94. The van der Waals surface area contributed by atoms with Crippen molar-refractivity contribution < 1.29 is 14.1 Å². The van der Waals surface area contributed by atoms with Crippen molar-refractivity contribution in [3.8, 4) is 11.3 Å². The normalized spacial score (nSPS) is 17.4. The summed E-state index contributed by atoms with van der Waals surface area (Å²) in [6, 6.07) is 7.24. The molecular weight excluding hydrogens is 356 g/mol. The molecule has 2 aromatic rings. The summed E-state index contributed by atoms with van der Waals surface area (Å²) in [5.74, 6) is 0.637. The summed E-state index contributed by atoms with van der Waals surface area (Å²) in [5.41, 5.74) is 1.15. The molecule has 1 aliphatic rings. The SMILES string of the molecule is COCCNc1noc(-c2ccc(Cl)cc2)c1C(=O)NC1CCN(C)C1. The number of carbonyl (C=O) groups is 1.